The summed E-state index contributed by atoms with van der Waals surface area (Å²) in [4.78, 5) is 28.7. The third-order valence-electron chi connectivity index (χ3n) is 5.33. The molecule has 2 aromatic rings. The lowest BCUT2D eigenvalue weighted by molar-refractivity contribution is 0.0362. The van der Waals surface area contributed by atoms with Crippen molar-refractivity contribution in [3.63, 3.8) is 0 Å². The first-order valence-corrected chi connectivity index (χ1v) is 10.0. The van der Waals surface area contributed by atoms with Gasteiger partial charge in [0.15, 0.2) is 0 Å². The molecule has 30 heavy (non-hydrogen) atoms. The lowest BCUT2D eigenvalue weighted by Crippen LogP contribution is -2.49. The summed E-state index contributed by atoms with van der Waals surface area (Å²) in [5, 5.41) is 9.51. The van der Waals surface area contributed by atoms with Crippen molar-refractivity contribution in [2.24, 2.45) is 0 Å². The van der Waals surface area contributed by atoms with Crippen LogP contribution in [0.5, 0.6) is 5.75 Å². The Morgan fingerprint density at radius 2 is 1.83 bits per heavy atom. The molecule has 1 atom stereocenters. The Balaban J connectivity index is 1.68. The van der Waals surface area contributed by atoms with Crippen LogP contribution < -0.4 is 10.2 Å². The molecule has 158 valence electrons. The van der Waals surface area contributed by atoms with Gasteiger partial charge in [0.1, 0.15) is 12.4 Å². The largest absolute Gasteiger partial charge is 0.491 e. The second kappa shape index (κ2) is 8.91. The topological polar surface area (TPSA) is 91.3 Å². The van der Waals surface area contributed by atoms with Crippen LogP contribution in [0.4, 0.5) is 4.79 Å². The summed E-state index contributed by atoms with van der Waals surface area (Å²) in [5.41, 5.74) is 3.58. The first-order chi connectivity index (χ1) is 14.6. The number of carbonyl (C=O) groups is 2. The standard InChI is InChI=1S/C21H22ClN3O5/c22-17-5-3-14(4-6-17)18-13-30-19-11-15(20(26)23-28)1-2-16(19)12-25(18)21(27)24-7-9-29-10-8-24/h1-6,11,18,28H,7-10,12-13H2,(H,23,26)/t18-/m1/s1. The van der Waals surface area contributed by atoms with Gasteiger partial charge in [0.25, 0.3) is 5.91 Å². The molecule has 0 aliphatic carbocycles. The fourth-order valence-corrected chi connectivity index (χ4v) is 3.80. The summed E-state index contributed by atoms with van der Waals surface area (Å²) in [7, 11) is 0. The molecule has 2 aromatic carbocycles. The monoisotopic (exact) mass is 431 g/mol. The molecule has 4 rings (SSSR count). The molecule has 1 fully saturated rings. The number of rotatable bonds is 2. The molecule has 0 spiro atoms. The number of hydrogen-bond acceptors (Lipinski definition) is 5. The molecular weight excluding hydrogens is 410 g/mol. The van der Waals surface area contributed by atoms with Crippen LogP contribution in [0.25, 0.3) is 0 Å². The number of fused-ring (bicyclic) bond motifs is 1. The van der Waals surface area contributed by atoms with Gasteiger partial charge in [0, 0.05) is 29.2 Å². The number of halogens is 1. The Morgan fingerprint density at radius 1 is 1.10 bits per heavy atom. The van der Waals surface area contributed by atoms with Crippen molar-refractivity contribution in [1.29, 1.82) is 0 Å². The zero-order chi connectivity index (χ0) is 21.1. The maximum absolute atomic E-state index is 13.4. The van der Waals surface area contributed by atoms with E-state index in [-0.39, 0.29) is 24.2 Å². The zero-order valence-corrected chi connectivity index (χ0v) is 17.0. The normalized spacial score (nSPS) is 18.8. The molecule has 8 nitrogen and oxygen atoms in total. The van der Waals surface area contributed by atoms with Gasteiger partial charge in [-0.2, -0.15) is 0 Å². The van der Waals surface area contributed by atoms with Crippen LogP contribution in [0.1, 0.15) is 27.5 Å². The first-order valence-electron chi connectivity index (χ1n) is 9.65. The quantitative estimate of drug-likeness (QED) is 0.563. The van der Waals surface area contributed by atoms with E-state index >= 15 is 0 Å². The highest BCUT2D eigenvalue weighted by atomic mass is 35.5. The third kappa shape index (κ3) is 4.21. The molecular formula is C21H22ClN3O5. The molecule has 1 saturated heterocycles. The van der Waals surface area contributed by atoms with E-state index in [0.29, 0.717) is 43.6 Å². The van der Waals surface area contributed by atoms with E-state index in [0.717, 1.165) is 11.1 Å². The van der Waals surface area contributed by atoms with E-state index in [1.807, 2.05) is 12.1 Å². The fraction of sp³-hybridized carbons (Fsp3) is 0.333. The Morgan fingerprint density at radius 3 is 2.53 bits per heavy atom. The summed E-state index contributed by atoms with van der Waals surface area (Å²) in [6.07, 6.45) is 0. The van der Waals surface area contributed by atoms with Crippen LogP contribution >= 0.6 is 11.6 Å². The van der Waals surface area contributed by atoms with Crippen molar-refractivity contribution in [1.82, 2.24) is 15.3 Å². The predicted molar refractivity (Wildman–Crippen MR) is 109 cm³/mol. The highest BCUT2D eigenvalue weighted by molar-refractivity contribution is 6.30. The van der Waals surface area contributed by atoms with Crippen LogP contribution in [-0.2, 0) is 11.3 Å². The van der Waals surface area contributed by atoms with Crippen molar-refractivity contribution >= 4 is 23.5 Å². The van der Waals surface area contributed by atoms with Crippen LogP contribution in [-0.4, -0.2) is 59.9 Å². The average Bonchev–Trinajstić information content (AvgIpc) is 2.98. The van der Waals surface area contributed by atoms with Gasteiger partial charge in [-0.1, -0.05) is 29.8 Å². The zero-order valence-electron chi connectivity index (χ0n) is 16.2. The van der Waals surface area contributed by atoms with Gasteiger partial charge < -0.3 is 19.3 Å². The first kappa shape index (κ1) is 20.5. The number of ether oxygens (including phenoxy) is 2. The lowest BCUT2D eigenvalue weighted by Gasteiger charge is -2.36. The Kier molecular flexibility index (Phi) is 6.08. The van der Waals surface area contributed by atoms with Gasteiger partial charge in [-0.15, -0.1) is 0 Å². The van der Waals surface area contributed by atoms with E-state index in [4.69, 9.17) is 26.3 Å². The molecule has 0 aromatic heterocycles. The molecule has 2 aliphatic heterocycles. The van der Waals surface area contributed by atoms with E-state index in [9.17, 15) is 9.59 Å². The summed E-state index contributed by atoms with van der Waals surface area (Å²) >= 11 is 6.05. The maximum Gasteiger partial charge on any atom is 0.321 e. The number of nitrogens with zero attached hydrogens (tertiary/aromatic N) is 2. The van der Waals surface area contributed by atoms with Gasteiger partial charge in [0.2, 0.25) is 0 Å². The number of hydrogen-bond donors (Lipinski definition) is 2. The van der Waals surface area contributed by atoms with Crippen LogP contribution in [0.15, 0.2) is 42.5 Å². The van der Waals surface area contributed by atoms with E-state index in [1.165, 1.54) is 0 Å². The lowest BCUT2D eigenvalue weighted by atomic mass is 10.1. The molecule has 0 unspecified atom stereocenters. The van der Waals surface area contributed by atoms with Crippen molar-refractivity contribution in [2.75, 3.05) is 32.9 Å². The number of morpholine rings is 1. The van der Waals surface area contributed by atoms with Gasteiger partial charge in [0.05, 0.1) is 25.8 Å². The summed E-state index contributed by atoms with van der Waals surface area (Å²) < 4.78 is 11.4. The molecule has 2 aliphatic rings. The highest BCUT2D eigenvalue weighted by Gasteiger charge is 2.33. The molecule has 2 N–H and O–H groups in total. The van der Waals surface area contributed by atoms with Crippen molar-refractivity contribution < 1.29 is 24.3 Å². The molecule has 0 saturated carbocycles. The molecule has 2 heterocycles. The molecule has 0 radical (unpaired) electrons. The second-order valence-electron chi connectivity index (χ2n) is 7.15. The van der Waals surface area contributed by atoms with Crippen molar-refractivity contribution in [3.05, 3.63) is 64.2 Å². The van der Waals surface area contributed by atoms with Gasteiger partial charge in [-0.3, -0.25) is 10.0 Å². The number of urea groups is 1. The van der Waals surface area contributed by atoms with Crippen LogP contribution in [0.2, 0.25) is 5.02 Å². The second-order valence-corrected chi connectivity index (χ2v) is 7.59. The number of carbonyl (C=O) groups excluding carboxylic acids is 2. The fourth-order valence-electron chi connectivity index (χ4n) is 3.68. The smallest absolute Gasteiger partial charge is 0.321 e. The van der Waals surface area contributed by atoms with E-state index in [1.54, 1.807) is 45.6 Å². The molecule has 0 bridgehead atoms. The summed E-state index contributed by atoms with van der Waals surface area (Å²) in [5.74, 6) is -0.117. The van der Waals surface area contributed by atoms with Gasteiger partial charge >= 0.3 is 6.03 Å². The number of nitrogens with one attached hydrogen (secondary N) is 1. The Labute approximate surface area is 178 Å². The minimum absolute atomic E-state index is 0.0909. The highest BCUT2D eigenvalue weighted by Crippen LogP contribution is 2.33. The van der Waals surface area contributed by atoms with Crippen molar-refractivity contribution in [3.8, 4) is 5.75 Å². The summed E-state index contributed by atoms with van der Waals surface area (Å²) in [6.45, 7) is 2.63. The summed E-state index contributed by atoms with van der Waals surface area (Å²) in [6, 6.07) is 11.8. The van der Waals surface area contributed by atoms with Gasteiger partial charge in [-0.25, -0.2) is 10.3 Å². The average molecular weight is 432 g/mol. The minimum atomic E-state index is -0.624. The Hall–Kier alpha value is -2.81. The van der Waals surface area contributed by atoms with E-state index in [2.05, 4.69) is 0 Å². The number of benzene rings is 2. The van der Waals surface area contributed by atoms with Crippen LogP contribution in [0.3, 0.4) is 0 Å². The molecule has 9 heteroatoms. The number of hydroxylamine groups is 1. The third-order valence-corrected chi connectivity index (χ3v) is 5.58. The minimum Gasteiger partial charge on any atom is -0.491 e. The SMILES string of the molecule is O=C(NO)c1ccc2c(c1)OC[C@H](c1ccc(Cl)cc1)N(C(=O)N1CCOCC1)C2. The van der Waals surface area contributed by atoms with Gasteiger partial charge in [-0.05, 0) is 29.8 Å². The number of amides is 3. The molecule has 3 amide bonds. The van der Waals surface area contributed by atoms with E-state index < -0.39 is 5.91 Å². The predicted octanol–water partition coefficient (Wildman–Crippen LogP) is 2.85. The van der Waals surface area contributed by atoms with Crippen molar-refractivity contribution in [2.45, 2.75) is 12.6 Å². The maximum atomic E-state index is 13.4. The van der Waals surface area contributed by atoms with Crippen LogP contribution in [0, 0.1) is 0 Å². The Bertz CT molecular complexity index is 931.